The van der Waals surface area contributed by atoms with E-state index in [0.717, 1.165) is 46.6 Å². The summed E-state index contributed by atoms with van der Waals surface area (Å²) in [4.78, 5) is 27.3. The third-order valence-corrected chi connectivity index (χ3v) is 7.45. The van der Waals surface area contributed by atoms with Crippen LogP contribution in [0.5, 0.6) is 0 Å². The highest BCUT2D eigenvalue weighted by Gasteiger charge is 2.53. The Morgan fingerprint density at radius 1 is 1.12 bits per heavy atom. The Morgan fingerprint density at radius 3 is 2.62 bits per heavy atom. The van der Waals surface area contributed by atoms with Gasteiger partial charge in [-0.15, -0.1) is 0 Å². The number of pyridine rings is 1. The van der Waals surface area contributed by atoms with Gasteiger partial charge in [-0.25, -0.2) is 9.97 Å². The summed E-state index contributed by atoms with van der Waals surface area (Å²) in [6.45, 7) is 6.15. The summed E-state index contributed by atoms with van der Waals surface area (Å²) in [6.07, 6.45) is 4.05. The average molecular weight is 423 g/mol. The highest BCUT2D eigenvalue weighted by Crippen LogP contribution is 2.53. The molecule has 32 heavy (non-hydrogen) atoms. The summed E-state index contributed by atoms with van der Waals surface area (Å²) in [7, 11) is 0. The molecule has 2 heterocycles. The van der Waals surface area contributed by atoms with Gasteiger partial charge in [0.15, 0.2) is 11.6 Å². The van der Waals surface area contributed by atoms with E-state index in [1.165, 1.54) is 0 Å². The van der Waals surface area contributed by atoms with Gasteiger partial charge in [-0.2, -0.15) is 5.26 Å². The fourth-order valence-corrected chi connectivity index (χ4v) is 5.84. The first-order valence-electron chi connectivity index (χ1n) is 11.3. The van der Waals surface area contributed by atoms with Crippen molar-refractivity contribution in [3.63, 3.8) is 0 Å². The second-order valence-electron chi connectivity index (χ2n) is 9.41. The van der Waals surface area contributed by atoms with Crippen LogP contribution < -0.4 is 0 Å². The largest absolute Gasteiger partial charge is 0.298 e. The van der Waals surface area contributed by atoms with Gasteiger partial charge in [-0.05, 0) is 44.2 Å². The summed E-state index contributed by atoms with van der Waals surface area (Å²) in [5, 5.41) is 9.72. The van der Waals surface area contributed by atoms with Crippen LogP contribution in [0.25, 0.3) is 22.6 Å². The zero-order valence-electron chi connectivity index (χ0n) is 18.7. The molecule has 4 atom stereocenters. The van der Waals surface area contributed by atoms with E-state index in [-0.39, 0.29) is 23.0 Å². The molecule has 2 aliphatic carbocycles. The van der Waals surface area contributed by atoms with Crippen molar-refractivity contribution in [1.29, 1.82) is 5.26 Å². The molecule has 160 valence electrons. The molecule has 5 rings (SSSR count). The van der Waals surface area contributed by atoms with Crippen LogP contribution in [0.1, 0.15) is 43.6 Å². The summed E-state index contributed by atoms with van der Waals surface area (Å²) < 4.78 is 0. The lowest BCUT2D eigenvalue weighted by molar-refractivity contribution is -0.132. The average Bonchev–Trinajstić information content (AvgIpc) is 2.81. The summed E-state index contributed by atoms with van der Waals surface area (Å²) in [6, 6.07) is 16.5. The number of carbonyl (C=O) groups is 1. The molecule has 1 unspecified atom stereocenters. The maximum Gasteiger partial charge on any atom is 0.160 e. The Hall–Kier alpha value is -3.39. The quantitative estimate of drug-likeness (QED) is 0.575. The lowest BCUT2D eigenvalue weighted by Gasteiger charge is -2.49. The maximum absolute atomic E-state index is 12.8. The Kier molecular flexibility index (Phi) is 4.89. The smallest absolute Gasteiger partial charge is 0.160 e. The van der Waals surface area contributed by atoms with E-state index in [9.17, 15) is 10.1 Å². The van der Waals surface area contributed by atoms with Crippen molar-refractivity contribution in [2.45, 2.75) is 45.4 Å². The second kappa shape index (κ2) is 7.63. The van der Waals surface area contributed by atoms with Crippen LogP contribution in [0.2, 0.25) is 0 Å². The van der Waals surface area contributed by atoms with Gasteiger partial charge in [0.1, 0.15) is 5.92 Å². The van der Waals surface area contributed by atoms with E-state index in [4.69, 9.17) is 9.97 Å². The molecule has 0 radical (unpaired) electrons. The number of nitriles is 1. The lowest BCUT2D eigenvalue weighted by atomic mass is 9.54. The molecule has 0 amide bonds. The van der Waals surface area contributed by atoms with E-state index in [0.29, 0.717) is 12.2 Å². The fraction of sp³-hybridized carbons (Fsp3) is 0.370. The first-order valence-corrected chi connectivity index (χ1v) is 11.3. The number of aryl methyl sites for hydroxylation is 1. The number of aromatic nitrogens is 3. The van der Waals surface area contributed by atoms with E-state index < -0.39 is 5.92 Å². The zero-order chi connectivity index (χ0) is 22.5. The number of ketones is 1. The molecular formula is C27H26N4O. The third kappa shape index (κ3) is 3.14. The fourth-order valence-electron chi connectivity index (χ4n) is 5.84. The van der Waals surface area contributed by atoms with Crippen LogP contribution in [-0.2, 0) is 16.6 Å². The van der Waals surface area contributed by atoms with E-state index in [1.807, 2.05) is 44.2 Å². The Labute approximate surface area is 188 Å². The normalized spacial score (nSPS) is 26.7. The predicted octanol–water partition coefficient (Wildman–Crippen LogP) is 5.08. The molecule has 2 aliphatic rings. The molecule has 0 bridgehead atoms. The van der Waals surface area contributed by atoms with Crippen LogP contribution in [0.15, 0.2) is 48.7 Å². The molecular weight excluding hydrogens is 396 g/mol. The molecule has 0 aliphatic heterocycles. The van der Waals surface area contributed by atoms with Crippen molar-refractivity contribution >= 4 is 5.78 Å². The topological polar surface area (TPSA) is 79.5 Å². The van der Waals surface area contributed by atoms with Gasteiger partial charge < -0.3 is 0 Å². The van der Waals surface area contributed by atoms with Crippen LogP contribution in [-0.4, -0.2) is 20.7 Å². The molecule has 5 heteroatoms. The monoisotopic (exact) mass is 422 g/mol. The van der Waals surface area contributed by atoms with Gasteiger partial charge in [0.2, 0.25) is 0 Å². The minimum atomic E-state index is -0.584. The molecule has 3 aromatic rings. The van der Waals surface area contributed by atoms with Gasteiger partial charge >= 0.3 is 0 Å². The van der Waals surface area contributed by atoms with Crippen LogP contribution in [0, 0.1) is 36.0 Å². The number of benzene rings is 1. The zero-order valence-corrected chi connectivity index (χ0v) is 18.7. The lowest BCUT2D eigenvalue weighted by Crippen LogP contribution is -2.50. The van der Waals surface area contributed by atoms with Crippen molar-refractivity contribution in [3.8, 4) is 28.7 Å². The Balaban J connectivity index is 1.77. The summed E-state index contributed by atoms with van der Waals surface area (Å²) in [5.74, 6) is 0.207. The predicted molar refractivity (Wildman–Crippen MR) is 122 cm³/mol. The number of hydrogen-bond donors (Lipinski definition) is 0. The van der Waals surface area contributed by atoms with Gasteiger partial charge in [0.25, 0.3) is 0 Å². The van der Waals surface area contributed by atoms with Crippen LogP contribution in [0.3, 0.4) is 0 Å². The SMILES string of the molecule is Cc1cc(-c2nc(-c3ccccc3)c3c(n2)[C@]2(C)CC(C#N)C(=O)[C@H](C)[C@H]2CC3)ccn1. The summed E-state index contributed by atoms with van der Waals surface area (Å²) in [5.41, 5.74) is 5.68. The minimum Gasteiger partial charge on any atom is -0.298 e. The molecule has 1 fully saturated rings. The Morgan fingerprint density at radius 2 is 1.91 bits per heavy atom. The van der Waals surface area contributed by atoms with Crippen molar-refractivity contribution in [2.24, 2.45) is 17.8 Å². The molecule has 0 spiro atoms. The highest BCUT2D eigenvalue weighted by atomic mass is 16.1. The van der Waals surface area contributed by atoms with Gasteiger partial charge in [0.05, 0.1) is 17.5 Å². The first kappa shape index (κ1) is 20.5. The highest BCUT2D eigenvalue weighted by molar-refractivity contribution is 5.87. The van der Waals surface area contributed by atoms with Gasteiger partial charge in [0, 0.05) is 39.9 Å². The van der Waals surface area contributed by atoms with Gasteiger partial charge in [-0.3, -0.25) is 9.78 Å². The van der Waals surface area contributed by atoms with Crippen molar-refractivity contribution < 1.29 is 4.79 Å². The maximum atomic E-state index is 12.8. The van der Waals surface area contributed by atoms with Crippen molar-refractivity contribution in [1.82, 2.24) is 15.0 Å². The minimum absolute atomic E-state index is 0.0840. The van der Waals surface area contributed by atoms with Crippen molar-refractivity contribution in [2.75, 3.05) is 0 Å². The standard InChI is InChI=1S/C27H26N4O/c1-16-13-19(11-12-29-16)26-30-23(18-7-5-4-6-8-18)21-9-10-22-17(2)24(32)20(15-28)14-27(22,3)25(21)31-26/h4-8,11-13,17,20,22H,9-10,14H2,1-3H3/t17-,20?,22-,27-/m1/s1. The molecule has 1 saturated carbocycles. The number of Topliss-reactive ketones (excluding diaryl/α,β-unsaturated/α-hetero) is 1. The van der Waals surface area contributed by atoms with Crippen molar-refractivity contribution in [3.05, 3.63) is 65.6 Å². The Bertz CT molecular complexity index is 1250. The second-order valence-corrected chi connectivity index (χ2v) is 9.41. The number of hydrogen-bond acceptors (Lipinski definition) is 5. The summed E-state index contributed by atoms with van der Waals surface area (Å²) >= 11 is 0. The van der Waals surface area contributed by atoms with E-state index >= 15 is 0 Å². The number of carbonyl (C=O) groups excluding carboxylic acids is 1. The third-order valence-electron chi connectivity index (χ3n) is 7.45. The molecule has 1 aromatic carbocycles. The number of fused-ring (bicyclic) bond motifs is 3. The number of nitrogens with zero attached hydrogens (tertiary/aromatic N) is 4. The van der Waals surface area contributed by atoms with Crippen LogP contribution in [0.4, 0.5) is 0 Å². The number of rotatable bonds is 2. The van der Waals surface area contributed by atoms with E-state index in [2.05, 4.69) is 30.1 Å². The molecule has 2 aromatic heterocycles. The molecule has 5 nitrogen and oxygen atoms in total. The first-order chi connectivity index (χ1) is 15.4. The molecule has 0 saturated heterocycles. The van der Waals surface area contributed by atoms with Crippen LogP contribution >= 0.6 is 0 Å². The van der Waals surface area contributed by atoms with Gasteiger partial charge in [-0.1, -0.05) is 44.2 Å². The van der Waals surface area contributed by atoms with E-state index in [1.54, 1.807) is 6.20 Å². The molecule has 0 N–H and O–H groups in total.